The number of carbonyl (C=O) groups excluding carboxylic acids is 3. The van der Waals surface area contributed by atoms with Crippen molar-refractivity contribution >= 4 is 46.3 Å². The quantitative estimate of drug-likeness (QED) is 0.353. The second kappa shape index (κ2) is 12.0. The highest BCUT2D eigenvalue weighted by molar-refractivity contribution is 7.13. The van der Waals surface area contributed by atoms with Crippen LogP contribution >= 0.6 is 11.3 Å². The van der Waals surface area contributed by atoms with E-state index in [1.807, 2.05) is 73.5 Å². The number of anilines is 3. The number of hydrogen-bond acceptors (Lipinski definition) is 6. The van der Waals surface area contributed by atoms with Crippen molar-refractivity contribution in [3.63, 3.8) is 0 Å². The minimum absolute atomic E-state index is 0.0690. The number of ether oxygens (including phenoxy) is 1. The van der Waals surface area contributed by atoms with Gasteiger partial charge in [0.1, 0.15) is 5.60 Å². The van der Waals surface area contributed by atoms with Gasteiger partial charge in [0.25, 0.3) is 5.91 Å². The Bertz CT molecular complexity index is 1420. The Morgan fingerprint density at radius 3 is 2.51 bits per heavy atom. The number of rotatable bonds is 7. The van der Waals surface area contributed by atoms with Gasteiger partial charge in [-0.1, -0.05) is 18.6 Å². The van der Waals surface area contributed by atoms with E-state index in [0.717, 1.165) is 41.3 Å². The Labute approximate surface area is 245 Å². The van der Waals surface area contributed by atoms with E-state index in [2.05, 4.69) is 10.2 Å². The zero-order valence-electron chi connectivity index (χ0n) is 24.2. The standard InChI is InChI=1S/C32H38N4O4S/c1-32(2,3)40-31(39)34(4)27-13-10-22(28-9-8-18-41-28)20-25(27)33-30(38)23-11-12-26-24(19-23)21-29(37)36(26)17-16-35-14-6-5-7-15-35/h8-13,18-20H,5-7,14-17,21H2,1-4H3,(H,33,38). The Hall–Kier alpha value is -3.69. The molecule has 41 heavy (non-hydrogen) atoms. The molecule has 0 unspecified atom stereocenters. The SMILES string of the molecule is CN(C(=O)OC(C)(C)C)c1ccc(-c2cccs2)cc1NC(=O)c1ccc2c(c1)CC(=O)N2CCN1CCCCC1. The molecule has 5 rings (SSSR count). The maximum Gasteiger partial charge on any atom is 0.414 e. The molecule has 0 spiro atoms. The van der Waals surface area contributed by atoms with Crippen LogP contribution in [-0.4, -0.2) is 61.6 Å². The average Bonchev–Trinajstić information content (AvgIpc) is 3.58. The van der Waals surface area contributed by atoms with E-state index in [1.165, 1.54) is 24.2 Å². The fraction of sp³-hybridized carbons (Fsp3) is 0.406. The molecule has 2 aromatic carbocycles. The summed E-state index contributed by atoms with van der Waals surface area (Å²) < 4.78 is 5.57. The molecule has 2 aliphatic rings. The molecule has 3 aromatic rings. The van der Waals surface area contributed by atoms with Crippen molar-refractivity contribution in [2.24, 2.45) is 0 Å². The first-order valence-electron chi connectivity index (χ1n) is 14.2. The number of nitrogens with one attached hydrogen (secondary N) is 1. The molecule has 1 saturated heterocycles. The summed E-state index contributed by atoms with van der Waals surface area (Å²) in [7, 11) is 1.63. The summed E-state index contributed by atoms with van der Waals surface area (Å²) >= 11 is 1.60. The van der Waals surface area contributed by atoms with Crippen molar-refractivity contribution in [1.82, 2.24) is 4.90 Å². The molecule has 9 heteroatoms. The lowest BCUT2D eigenvalue weighted by atomic mass is 10.1. The van der Waals surface area contributed by atoms with Crippen LogP contribution in [-0.2, 0) is 16.0 Å². The van der Waals surface area contributed by atoms with Gasteiger partial charge in [0.15, 0.2) is 0 Å². The second-order valence-corrected chi connectivity index (χ2v) is 12.6. The predicted molar refractivity (Wildman–Crippen MR) is 165 cm³/mol. The molecule has 1 aromatic heterocycles. The first kappa shape index (κ1) is 28.8. The average molecular weight is 575 g/mol. The molecule has 3 amide bonds. The molecule has 1 N–H and O–H groups in total. The summed E-state index contributed by atoms with van der Waals surface area (Å²) in [5.41, 5.74) is 3.49. The lowest BCUT2D eigenvalue weighted by Gasteiger charge is -2.28. The van der Waals surface area contributed by atoms with Crippen molar-refractivity contribution in [2.75, 3.05) is 48.3 Å². The molecule has 216 valence electrons. The van der Waals surface area contributed by atoms with E-state index in [1.54, 1.807) is 24.5 Å². The highest BCUT2D eigenvalue weighted by Crippen LogP contribution is 2.35. The monoisotopic (exact) mass is 574 g/mol. The molecule has 0 atom stereocenters. The first-order valence-corrected chi connectivity index (χ1v) is 15.1. The van der Waals surface area contributed by atoms with Gasteiger partial charge in [0, 0.05) is 36.3 Å². The fourth-order valence-corrected chi connectivity index (χ4v) is 6.07. The largest absolute Gasteiger partial charge is 0.443 e. The van der Waals surface area contributed by atoms with Crippen molar-refractivity contribution in [3.05, 3.63) is 65.0 Å². The van der Waals surface area contributed by atoms with E-state index in [4.69, 9.17) is 4.74 Å². The maximum atomic E-state index is 13.5. The second-order valence-electron chi connectivity index (χ2n) is 11.7. The molecule has 1 fully saturated rings. The number of hydrogen-bond donors (Lipinski definition) is 1. The van der Waals surface area contributed by atoms with Crippen molar-refractivity contribution < 1.29 is 19.1 Å². The van der Waals surface area contributed by atoms with E-state index in [0.29, 0.717) is 23.5 Å². The van der Waals surface area contributed by atoms with E-state index < -0.39 is 11.7 Å². The van der Waals surface area contributed by atoms with Crippen molar-refractivity contribution in [2.45, 2.75) is 52.1 Å². The van der Waals surface area contributed by atoms with Gasteiger partial charge < -0.3 is 19.9 Å². The summed E-state index contributed by atoms with van der Waals surface area (Å²) in [4.78, 5) is 46.0. The third-order valence-corrected chi connectivity index (χ3v) is 8.36. The molecule has 2 aliphatic heterocycles. The highest BCUT2D eigenvalue weighted by Gasteiger charge is 2.29. The van der Waals surface area contributed by atoms with Crippen LogP contribution in [0.4, 0.5) is 21.9 Å². The first-order chi connectivity index (χ1) is 19.6. The van der Waals surface area contributed by atoms with Gasteiger partial charge >= 0.3 is 6.09 Å². The van der Waals surface area contributed by atoms with Crippen LogP contribution in [0.25, 0.3) is 10.4 Å². The number of nitrogens with zero attached hydrogens (tertiary/aromatic N) is 3. The van der Waals surface area contributed by atoms with Gasteiger partial charge in [-0.3, -0.25) is 14.5 Å². The van der Waals surface area contributed by atoms with E-state index in [-0.39, 0.29) is 18.2 Å². The summed E-state index contributed by atoms with van der Waals surface area (Å²) in [5, 5.41) is 5.02. The van der Waals surface area contributed by atoms with Gasteiger partial charge in [0.2, 0.25) is 5.91 Å². The maximum absolute atomic E-state index is 13.5. The summed E-state index contributed by atoms with van der Waals surface area (Å²) in [6.45, 7) is 9.15. The fourth-order valence-electron chi connectivity index (χ4n) is 5.34. The van der Waals surface area contributed by atoms with Crippen LogP contribution in [0.5, 0.6) is 0 Å². The van der Waals surface area contributed by atoms with E-state index in [9.17, 15) is 14.4 Å². The number of fused-ring (bicyclic) bond motifs is 1. The smallest absolute Gasteiger partial charge is 0.414 e. The van der Waals surface area contributed by atoms with Gasteiger partial charge in [-0.15, -0.1) is 11.3 Å². The molecular formula is C32H38N4O4S. The molecule has 0 aliphatic carbocycles. The van der Waals surface area contributed by atoms with Crippen molar-refractivity contribution in [3.8, 4) is 10.4 Å². The third-order valence-electron chi connectivity index (χ3n) is 7.44. The number of likely N-dealkylation sites (tertiary alicyclic amines) is 1. The van der Waals surface area contributed by atoms with Gasteiger partial charge in [-0.25, -0.2) is 4.79 Å². The van der Waals surface area contributed by atoms with Crippen LogP contribution in [0, 0.1) is 0 Å². The normalized spacial score (nSPS) is 15.5. The summed E-state index contributed by atoms with van der Waals surface area (Å²) in [6, 6.07) is 15.1. The topological polar surface area (TPSA) is 82.2 Å². The van der Waals surface area contributed by atoms with Crippen LogP contribution < -0.4 is 15.1 Å². The Morgan fingerprint density at radius 2 is 1.80 bits per heavy atom. The highest BCUT2D eigenvalue weighted by atomic mass is 32.1. The minimum Gasteiger partial charge on any atom is -0.443 e. The van der Waals surface area contributed by atoms with Crippen molar-refractivity contribution in [1.29, 1.82) is 0 Å². The number of piperidine rings is 1. The minimum atomic E-state index is -0.658. The number of carbonyl (C=O) groups is 3. The van der Waals surface area contributed by atoms with Crippen LogP contribution in [0.2, 0.25) is 0 Å². The van der Waals surface area contributed by atoms with Crippen LogP contribution in [0.1, 0.15) is 56.0 Å². The lowest BCUT2D eigenvalue weighted by Crippen LogP contribution is -2.39. The number of amides is 3. The van der Waals surface area contributed by atoms with Gasteiger partial charge in [-0.2, -0.15) is 0 Å². The Balaban J connectivity index is 1.36. The molecule has 0 radical (unpaired) electrons. The van der Waals surface area contributed by atoms with Gasteiger partial charge in [0.05, 0.1) is 17.8 Å². The Morgan fingerprint density at radius 1 is 1.02 bits per heavy atom. The Kier molecular flexibility index (Phi) is 8.47. The molecular weight excluding hydrogens is 536 g/mol. The lowest BCUT2D eigenvalue weighted by molar-refractivity contribution is -0.117. The zero-order chi connectivity index (χ0) is 29.1. The third kappa shape index (κ3) is 6.80. The molecule has 0 bridgehead atoms. The van der Waals surface area contributed by atoms with Crippen LogP contribution in [0.3, 0.4) is 0 Å². The van der Waals surface area contributed by atoms with Gasteiger partial charge in [-0.05, 0) is 99.6 Å². The molecule has 0 saturated carbocycles. The number of benzene rings is 2. The summed E-state index contributed by atoms with van der Waals surface area (Å²) in [5.74, 6) is -0.242. The zero-order valence-corrected chi connectivity index (χ0v) is 25.1. The van der Waals surface area contributed by atoms with Crippen LogP contribution in [0.15, 0.2) is 53.9 Å². The molecule has 8 nitrogen and oxygen atoms in total. The predicted octanol–water partition coefficient (Wildman–Crippen LogP) is 6.41. The van der Waals surface area contributed by atoms with E-state index >= 15 is 0 Å². The summed E-state index contributed by atoms with van der Waals surface area (Å²) in [6.07, 6.45) is 3.49. The molecule has 3 heterocycles. The number of thiophene rings is 1.